The van der Waals surface area contributed by atoms with Gasteiger partial charge in [0.15, 0.2) is 0 Å². The van der Waals surface area contributed by atoms with Crippen molar-refractivity contribution in [3.8, 4) is 17.0 Å². The largest absolute Gasteiger partial charge is 0.480 e. The van der Waals surface area contributed by atoms with E-state index in [0.717, 1.165) is 11.1 Å². The number of rotatable bonds is 4. The number of methoxy groups -OCH3 is 1. The molecule has 0 spiro atoms. The summed E-state index contributed by atoms with van der Waals surface area (Å²) in [5, 5.41) is 0. The topological polar surface area (TPSA) is 55.6 Å². The number of pyridine rings is 1. The second kappa shape index (κ2) is 6.36. The van der Waals surface area contributed by atoms with Gasteiger partial charge >= 0.3 is 0 Å². The lowest BCUT2D eigenvalue weighted by Gasteiger charge is -2.19. The van der Waals surface area contributed by atoms with Gasteiger partial charge in [-0.1, -0.05) is 12.1 Å². The maximum absolute atomic E-state index is 12.8. The summed E-state index contributed by atoms with van der Waals surface area (Å²) in [7, 11) is 3.23. The Morgan fingerprint density at radius 1 is 1.17 bits per heavy atom. The third-order valence-corrected chi connectivity index (χ3v) is 3.57. The fourth-order valence-corrected chi connectivity index (χ4v) is 2.36. The van der Waals surface area contributed by atoms with E-state index < -0.39 is 0 Å². The van der Waals surface area contributed by atoms with Crippen molar-refractivity contribution in [2.45, 2.75) is 0 Å². The number of anilines is 1. The Morgan fingerprint density at radius 3 is 2.78 bits per heavy atom. The van der Waals surface area contributed by atoms with E-state index in [4.69, 9.17) is 9.15 Å². The molecule has 116 valence electrons. The van der Waals surface area contributed by atoms with Gasteiger partial charge in [0.2, 0.25) is 5.88 Å². The van der Waals surface area contributed by atoms with Crippen LogP contribution in [0, 0.1) is 0 Å². The van der Waals surface area contributed by atoms with Crippen LogP contribution >= 0.6 is 0 Å². The predicted octanol–water partition coefficient (Wildman–Crippen LogP) is 3.63. The van der Waals surface area contributed by atoms with Gasteiger partial charge in [0.05, 0.1) is 19.6 Å². The zero-order valence-electron chi connectivity index (χ0n) is 12.9. The van der Waals surface area contributed by atoms with E-state index in [1.165, 1.54) is 12.0 Å². The minimum Gasteiger partial charge on any atom is -0.480 e. The third kappa shape index (κ3) is 2.94. The first-order chi connectivity index (χ1) is 11.2. The van der Waals surface area contributed by atoms with Crippen LogP contribution in [0.15, 0.2) is 65.6 Å². The zero-order valence-corrected chi connectivity index (χ0v) is 12.9. The van der Waals surface area contributed by atoms with Crippen LogP contribution in [-0.2, 0) is 0 Å². The lowest BCUT2D eigenvalue weighted by molar-refractivity contribution is 0.0992. The van der Waals surface area contributed by atoms with Crippen LogP contribution in [0.5, 0.6) is 5.88 Å². The molecule has 0 radical (unpaired) electrons. The molecule has 23 heavy (non-hydrogen) atoms. The van der Waals surface area contributed by atoms with Crippen LogP contribution in [0.3, 0.4) is 0 Å². The van der Waals surface area contributed by atoms with Gasteiger partial charge in [-0.05, 0) is 35.9 Å². The van der Waals surface area contributed by atoms with Crippen molar-refractivity contribution >= 4 is 11.6 Å². The van der Waals surface area contributed by atoms with Gasteiger partial charge in [0, 0.05) is 24.4 Å². The summed E-state index contributed by atoms with van der Waals surface area (Å²) in [5.74, 6) is 0.274. The highest BCUT2D eigenvalue weighted by atomic mass is 16.5. The molecule has 0 atom stereocenters. The van der Waals surface area contributed by atoms with Crippen LogP contribution in [0.2, 0.25) is 0 Å². The predicted molar refractivity (Wildman–Crippen MR) is 87.7 cm³/mol. The third-order valence-electron chi connectivity index (χ3n) is 3.57. The van der Waals surface area contributed by atoms with E-state index in [1.807, 2.05) is 24.3 Å². The Balaban J connectivity index is 1.92. The number of ether oxygens (including phenoxy) is 1. The molecule has 0 bridgehead atoms. The molecule has 0 saturated heterocycles. The molecule has 5 nitrogen and oxygen atoms in total. The van der Waals surface area contributed by atoms with E-state index in [9.17, 15) is 4.79 Å². The molecule has 5 heteroatoms. The first-order valence-corrected chi connectivity index (χ1v) is 7.10. The summed E-state index contributed by atoms with van der Waals surface area (Å²) < 4.78 is 10.3. The highest BCUT2D eigenvalue weighted by Gasteiger charge is 2.18. The number of aromatic nitrogens is 1. The van der Waals surface area contributed by atoms with Crippen molar-refractivity contribution < 1.29 is 13.9 Å². The second-order valence-corrected chi connectivity index (χ2v) is 4.99. The average Bonchev–Trinajstić information content (AvgIpc) is 3.15. The van der Waals surface area contributed by atoms with Crippen molar-refractivity contribution in [3.05, 3.63) is 66.8 Å². The quantitative estimate of drug-likeness (QED) is 0.738. The zero-order chi connectivity index (χ0) is 16.2. The number of carbonyl (C=O) groups is 1. The summed E-state index contributed by atoms with van der Waals surface area (Å²) in [6.07, 6.45) is 4.88. The molecule has 0 saturated carbocycles. The summed E-state index contributed by atoms with van der Waals surface area (Å²) >= 11 is 0. The summed E-state index contributed by atoms with van der Waals surface area (Å²) in [5.41, 5.74) is 3.06. The Labute approximate surface area is 134 Å². The van der Waals surface area contributed by atoms with E-state index >= 15 is 0 Å². The molecular formula is C18H16N2O3. The van der Waals surface area contributed by atoms with Gasteiger partial charge < -0.3 is 14.1 Å². The van der Waals surface area contributed by atoms with Crippen LogP contribution in [0.25, 0.3) is 11.1 Å². The number of amides is 1. The summed E-state index contributed by atoms with van der Waals surface area (Å²) in [6, 6.07) is 12.8. The maximum Gasteiger partial charge on any atom is 0.258 e. The van der Waals surface area contributed by atoms with Crippen molar-refractivity contribution in [2.24, 2.45) is 0 Å². The molecule has 2 heterocycles. The van der Waals surface area contributed by atoms with Crippen LogP contribution in [0.4, 0.5) is 5.69 Å². The minimum absolute atomic E-state index is 0.137. The van der Waals surface area contributed by atoms with E-state index in [0.29, 0.717) is 17.1 Å². The van der Waals surface area contributed by atoms with Crippen molar-refractivity contribution in [1.82, 2.24) is 4.98 Å². The second-order valence-electron chi connectivity index (χ2n) is 4.99. The number of hydrogen-bond donors (Lipinski definition) is 0. The van der Waals surface area contributed by atoms with Crippen molar-refractivity contribution in [1.29, 1.82) is 0 Å². The van der Waals surface area contributed by atoms with Gasteiger partial charge in [-0.15, -0.1) is 0 Å². The molecule has 0 unspecified atom stereocenters. The van der Waals surface area contributed by atoms with E-state index in [-0.39, 0.29) is 5.91 Å². The molecule has 0 fully saturated rings. The molecule has 0 aliphatic heterocycles. The van der Waals surface area contributed by atoms with E-state index in [2.05, 4.69) is 4.98 Å². The highest BCUT2D eigenvalue weighted by molar-refractivity contribution is 6.06. The molecule has 0 aliphatic carbocycles. The summed E-state index contributed by atoms with van der Waals surface area (Å²) in [4.78, 5) is 18.4. The number of benzene rings is 1. The van der Waals surface area contributed by atoms with Gasteiger partial charge in [-0.2, -0.15) is 0 Å². The van der Waals surface area contributed by atoms with Crippen LogP contribution < -0.4 is 9.64 Å². The van der Waals surface area contributed by atoms with Crippen LogP contribution in [0.1, 0.15) is 10.4 Å². The number of hydrogen-bond acceptors (Lipinski definition) is 4. The Kier molecular flexibility index (Phi) is 4.10. The first kappa shape index (κ1) is 14.8. The molecule has 1 amide bonds. The fourth-order valence-electron chi connectivity index (χ4n) is 2.36. The number of nitrogens with zero attached hydrogens (tertiary/aromatic N) is 2. The number of furan rings is 1. The van der Waals surface area contributed by atoms with Gasteiger partial charge in [-0.25, -0.2) is 4.98 Å². The Hall–Kier alpha value is -3.08. The first-order valence-electron chi connectivity index (χ1n) is 7.10. The summed E-state index contributed by atoms with van der Waals surface area (Å²) in [6.45, 7) is 0. The lowest BCUT2D eigenvalue weighted by Crippen LogP contribution is -2.26. The SMILES string of the molecule is COc1ncccc1N(C)C(=O)c1cccc(-c2ccoc2)c1. The maximum atomic E-state index is 12.8. The van der Waals surface area contributed by atoms with Gasteiger partial charge in [-0.3, -0.25) is 4.79 Å². The normalized spacial score (nSPS) is 10.3. The molecule has 0 N–H and O–H groups in total. The molecule has 3 aromatic rings. The fraction of sp³-hybridized carbons (Fsp3) is 0.111. The van der Waals surface area contributed by atoms with Gasteiger partial charge in [0.25, 0.3) is 5.91 Å². The molecule has 1 aromatic carbocycles. The van der Waals surface area contributed by atoms with Crippen molar-refractivity contribution in [3.63, 3.8) is 0 Å². The standard InChI is InChI=1S/C18H16N2O3/c1-20(16-7-4-9-19-17(16)22-2)18(21)14-6-3-5-13(11-14)15-8-10-23-12-15/h3-12H,1-2H3. The molecule has 0 aliphatic rings. The molecule has 2 aromatic heterocycles. The Morgan fingerprint density at radius 2 is 2.04 bits per heavy atom. The average molecular weight is 308 g/mol. The minimum atomic E-state index is -0.137. The molecular weight excluding hydrogens is 292 g/mol. The van der Waals surface area contributed by atoms with Gasteiger partial charge in [0.1, 0.15) is 5.69 Å². The van der Waals surface area contributed by atoms with Crippen LogP contribution in [-0.4, -0.2) is 25.0 Å². The highest BCUT2D eigenvalue weighted by Crippen LogP contribution is 2.26. The monoisotopic (exact) mass is 308 g/mol. The lowest BCUT2D eigenvalue weighted by atomic mass is 10.1. The smallest absolute Gasteiger partial charge is 0.258 e. The molecule has 3 rings (SSSR count). The van der Waals surface area contributed by atoms with E-state index in [1.54, 1.807) is 44.0 Å². The van der Waals surface area contributed by atoms with Crippen molar-refractivity contribution in [2.75, 3.05) is 19.1 Å². The number of carbonyl (C=O) groups excluding carboxylic acids is 1. The Bertz CT molecular complexity index is 813.